The van der Waals surface area contributed by atoms with Crippen LogP contribution in [0.3, 0.4) is 0 Å². The summed E-state index contributed by atoms with van der Waals surface area (Å²) < 4.78 is 34.9. The van der Waals surface area contributed by atoms with Crippen LogP contribution < -0.4 is 10.3 Å². The number of likely N-dealkylation sites (tertiary alicyclic amines) is 1. The molecule has 38 heavy (non-hydrogen) atoms. The SMILES string of the molecule is COc1cc(C)[nH]c(=O)c1CCC(=O)c1c(C)n([C@H](C)C2CCN(CC(F)(F)CO)CC2)c2ccccc12. The van der Waals surface area contributed by atoms with Crippen LogP contribution in [0.1, 0.15) is 59.5 Å². The van der Waals surface area contributed by atoms with E-state index in [1.807, 2.05) is 31.2 Å². The Morgan fingerprint density at radius 3 is 2.58 bits per heavy atom. The highest BCUT2D eigenvalue weighted by atomic mass is 19.3. The molecule has 7 nitrogen and oxygen atoms in total. The second kappa shape index (κ2) is 11.4. The van der Waals surface area contributed by atoms with E-state index in [1.54, 1.807) is 17.9 Å². The molecule has 1 aliphatic rings. The lowest BCUT2D eigenvalue weighted by molar-refractivity contribution is -0.0777. The lowest BCUT2D eigenvalue weighted by Gasteiger charge is -2.37. The number of aromatic nitrogens is 2. The van der Waals surface area contributed by atoms with Gasteiger partial charge in [-0.05, 0) is 71.2 Å². The monoisotopic (exact) mass is 529 g/mol. The first-order chi connectivity index (χ1) is 18.1. The third-order valence-electron chi connectivity index (χ3n) is 7.89. The number of carbonyl (C=O) groups is 1. The van der Waals surface area contributed by atoms with Crippen LogP contribution in [0.5, 0.6) is 5.75 Å². The van der Waals surface area contributed by atoms with Crippen LogP contribution in [0.25, 0.3) is 10.9 Å². The number of aryl methyl sites for hydroxylation is 1. The number of Topliss-reactive ketones (excluding diaryl/α,β-unsaturated/α-hetero) is 1. The van der Waals surface area contributed by atoms with Crippen LogP contribution in [-0.2, 0) is 6.42 Å². The van der Waals surface area contributed by atoms with Crippen molar-refractivity contribution >= 4 is 16.7 Å². The largest absolute Gasteiger partial charge is 0.496 e. The molecule has 4 rings (SSSR count). The zero-order valence-electron chi connectivity index (χ0n) is 22.5. The van der Waals surface area contributed by atoms with Crippen molar-refractivity contribution < 1.29 is 23.4 Å². The van der Waals surface area contributed by atoms with Gasteiger partial charge in [-0.25, -0.2) is 8.78 Å². The summed E-state index contributed by atoms with van der Waals surface area (Å²) in [5, 5.41) is 9.80. The number of fused-ring (bicyclic) bond motifs is 1. The van der Waals surface area contributed by atoms with E-state index in [-0.39, 0.29) is 36.1 Å². The van der Waals surface area contributed by atoms with Gasteiger partial charge in [0.2, 0.25) is 0 Å². The summed E-state index contributed by atoms with van der Waals surface area (Å²) in [5.41, 5.74) is 3.42. The number of alkyl halides is 2. The molecule has 1 atom stereocenters. The van der Waals surface area contributed by atoms with E-state index >= 15 is 0 Å². The average Bonchev–Trinajstić information content (AvgIpc) is 3.19. The predicted molar refractivity (Wildman–Crippen MR) is 144 cm³/mol. The Balaban J connectivity index is 1.56. The minimum Gasteiger partial charge on any atom is -0.496 e. The second-order valence-electron chi connectivity index (χ2n) is 10.5. The molecule has 1 aliphatic heterocycles. The zero-order valence-corrected chi connectivity index (χ0v) is 22.5. The van der Waals surface area contributed by atoms with Crippen molar-refractivity contribution in [1.29, 1.82) is 0 Å². The number of hydrogen-bond donors (Lipinski definition) is 2. The fourth-order valence-corrected chi connectivity index (χ4v) is 5.92. The van der Waals surface area contributed by atoms with Crippen LogP contribution in [0.15, 0.2) is 35.1 Å². The number of nitrogens with one attached hydrogen (secondary N) is 1. The number of para-hydroxylation sites is 1. The second-order valence-corrected chi connectivity index (χ2v) is 10.5. The minimum atomic E-state index is -3.09. The van der Waals surface area contributed by atoms with Crippen molar-refractivity contribution in [3.8, 4) is 5.75 Å². The van der Waals surface area contributed by atoms with Crippen molar-refractivity contribution in [3.05, 3.63) is 63.2 Å². The number of rotatable bonds is 10. The molecule has 0 amide bonds. The van der Waals surface area contributed by atoms with Gasteiger partial charge >= 0.3 is 0 Å². The van der Waals surface area contributed by atoms with Crippen LogP contribution in [-0.4, -0.2) is 64.6 Å². The molecule has 1 saturated heterocycles. The molecule has 0 aliphatic carbocycles. The van der Waals surface area contributed by atoms with E-state index in [4.69, 9.17) is 9.84 Å². The van der Waals surface area contributed by atoms with Gasteiger partial charge in [-0.3, -0.25) is 14.5 Å². The molecule has 3 aromatic rings. The van der Waals surface area contributed by atoms with Crippen LogP contribution >= 0.6 is 0 Å². The molecule has 3 heterocycles. The van der Waals surface area contributed by atoms with E-state index < -0.39 is 19.1 Å². The highest BCUT2D eigenvalue weighted by molar-refractivity contribution is 6.09. The number of nitrogens with zero attached hydrogens (tertiary/aromatic N) is 2. The number of aliphatic hydroxyl groups is 1. The van der Waals surface area contributed by atoms with Gasteiger partial charge in [0.15, 0.2) is 5.78 Å². The predicted octanol–water partition coefficient (Wildman–Crippen LogP) is 4.67. The highest BCUT2D eigenvalue weighted by Crippen LogP contribution is 2.36. The fourth-order valence-electron chi connectivity index (χ4n) is 5.92. The summed E-state index contributed by atoms with van der Waals surface area (Å²) >= 11 is 0. The van der Waals surface area contributed by atoms with Crippen LogP contribution in [0, 0.1) is 19.8 Å². The number of benzene rings is 1. The fraction of sp³-hybridized carbons (Fsp3) is 0.517. The number of pyridine rings is 1. The topological polar surface area (TPSA) is 87.6 Å². The van der Waals surface area contributed by atoms with E-state index in [0.717, 1.165) is 29.4 Å². The summed E-state index contributed by atoms with van der Waals surface area (Å²) in [6, 6.07) is 9.67. The van der Waals surface area contributed by atoms with Crippen molar-refractivity contribution in [2.45, 2.75) is 58.4 Å². The number of piperidine rings is 1. The first-order valence-electron chi connectivity index (χ1n) is 13.2. The summed E-state index contributed by atoms with van der Waals surface area (Å²) in [7, 11) is 1.52. The number of hydrogen-bond acceptors (Lipinski definition) is 5. The molecule has 0 spiro atoms. The number of carbonyl (C=O) groups excluding carboxylic acids is 1. The third kappa shape index (κ3) is 5.68. The Labute approximate surface area is 221 Å². The van der Waals surface area contributed by atoms with Gasteiger partial charge in [0.25, 0.3) is 11.5 Å². The first kappa shape index (κ1) is 28.0. The number of aliphatic hydroxyl groups excluding tert-OH is 1. The maximum Gasteiger partial charge on any atom is 0.283 e. The van der Waals surface area contributed by atoms with Crippen molar-refractivity contribution in [1.82, 2.24) is 14.5 Å². The van der Waals surface area contributed by atoms with Crippen molar-refractivity contribution in [3.63, 3.8) is 0 Å². The molecular formula is C29H37F2N3O4. The third-order valence-corrected chi connectivity index (χ3v) is 7.89. The number of ketones is 1. The summed E-state index contributed by atoms with van der Waals surface area (Å²) in [5.74, 6) is -2.38. The molecule has 0 radical (unpaired) electrons. The molecule has 206 valence electrons. The number of aromatic amines is 1. The van der Waals surface area contributed by atoms with Gasteiger partial charge in [-0.1, -0.05) is 18.2 Å². The molecular weight excluding hydrogens is 492 g/mol. The quantitative estimate of drug-likeness (QED) is 0.373. The van der Waals surface area contributed by atoms with Gasteiger partial charge in [-0.15, -0.1) is 0 Å². The molecule has 1 fully saturated rings. The maximum atomic E-state index is 13.7. The lowest BCUT2D eigenvalue weighted by atomic mass is 9.89. The van der Waals surface area contributed by atoms with Gasteiger partial charge in [0, 0.05) is 40.3 Å². The molecule has 0 bridgehead atoms. The molecule has 2 aromatic heterocycles. The average molecular weight is 530 g/mol. The van der Waals surface area contributed by atoms with Crippen molar-refractivity contribution in [2.75, 3.05) is 33.4 Å². The van der Waals surface area contributed by atoms with E-state index in [2.05, 4.69) is 16.5 Å². The van der Waals surface area contributed by atoms with E-state index in [1.165, 1.54) is 7.11 Å². The molecule has 2 N–H and O–H groups in total. The lowest BCUT2D eigenvalue weighted by Crippen LogP contribution is -2.44. The normalized spacial score (nSPS) is 16.2. The Kier molecular flexibility index (Phi) is 8.37. The molecule has 9 heteroatoms. The minimum absolute atomic E-state index is 0.0345. The highest BCUT2D eigenvalue weighted by Gasteiger charge is 2.34. The summed E-state index contributed by atoms with van der Waals surface area (Å²) in [4.78, 5) is 30.6. The van der Waals surface area contributed by atoms with E-state index in [9.17, 15) is 18.4 Å². The standard InChI is InChI=1S/C29H37F2N3O4/c1-18-15-26(38-4)23(28(37)32-18)9-10-25(36)27-20(3)34(24-8-6-5-7-22(24)27)19(2)21-11-13-33(14-12-21)16-29(30,31)17-35/h5-8,15,19,21,35H,9-14,16-17H2,1-4H3,(H,32,37)/t19-/m1/s1. The Morgan fingerprint density at radius 1 is 1.24 bits per heavy atom. The Bertz CT molecular complexity index is 1360. The number of ether oxygens (including phenoxy) is 1. The van der Waals surface area contributed by atoms with Crippen LogP contribution in [0.4, 0.5) is 8.78 Å². The Hall–Kier alpha value is -3.04. The zero-order chi connectivity index (χ0) is 27.6. The number of halogens is 2. The molecule has 1 aromatic carbocycles. The Morgan fingerprint density at radius 2 is 1.92 bits per heavy atom. The first-order valence-corrected chi connectivity index (χ1v) is 13.2. The van der Waals surface area contributed by atoms with Crippen LogP contribution in [0.2, 0.25) is 0 Å². The number of H-pyrrole nitrogens is 1. The maximum absolute atomic E-state index is 13.7. The summed E-state index contributed by atoms with van der Waals surface area (Å²) in [6.45, 7) is 5.39. The van der Waals surface area contributed by atoms with Gasteiger partial charge in [0.05, 0.1) is 19.2 Å². The van der Waals surface area contributed by atoms with Crippen molar-refractivity contribution in [2.24, 2.45) is 5.92 Å². The smallest absolute Gasteiger partial charge is 0.283 e. The summed E-state index contributed by atoms with van der Waals surface area (Å²) in [6.07, 6.45) is 1.95. The van der Waals surface area contributed by atoms with Gasteiger partial charge in [-0.2, -0.15) is 0 Å². The van der Waals surface area contributed by atoms with Gasteiger partial charge in [0.1, 0.15) is 12.4 Å². The molecule has 0 saturated carbocycles. The van der Waals surface area contributed by atoms with Gasteiger partial charge < -0.3 is 19.4 Å². The number of methoxy groups -OCH3 is 1. The molecule has 0 unspecified atom stereocenters. The van der Waals surface area contributed by atoms with E-state index in [0.29, 0.717) is 35.7 Å².